The lowest BCUT2D eigenvalue weighted by Gasteiger charge is -2.21. The van der Waals surface area contributed by atoms with Gasteiger partial charge < -0.3 is 10.2 Å². The third kappa shape index (κ3) is 8.89. The topological polar surface area (TPSA) is 74.6 Å². The molecule has 0 radical (unpaired) electrons. The predicted molar refractivity (Wildman–Crippen MR) is 93.3 cm³/mol. The first-order valence-corrected chi connectivity index (χ1v) is 8.61. The van der Waals surface area contributed by atoms with Crippen molar-refractivity contribution in [1.29, 1.82) is 0 Å². The Morgan fingerprint density at radius 1 is 0.957 bits per heavy atom. The largest absolute Gasteiger partial charge is 0.481 e. The average molecular weight is 326 g/mol. The fraction of sp³-hybridized carbons (Fsp3) is 0.789. The number of carboxylic acids is 1. The normalized spacial score (nSPS) is 13.6. The fourth-order valence-corrected chi connectivity index (χ4v) is 2.54. The second-order valence-corrected chi connectivity index (χ2v) is 7.79. The predicted octanol–water partition coefficient (Wildman–Crippen LogP) is 4.36. The molecule has 0 heterocycles. The van der Waals surface area contributed by atoms with Gasteiger partial charge in [-0.05, 0) is 45.6 Å². The number of rotatable bonds is 13. The van der Waals surface area contributed by atoms with Gasteiger partial charge in [0.1, 0.15) is 0 Å². The zero-order chi connectivity index (χ0) is 18.1. The highest BCUT2D eigenvalue weighted by Gasteiger charge is 2.26. The van der Waals surface area contributed by atoms with Crippen molar-refractivity contribution in [2.75, 3.05) is 0 Å². The monoisotopic (exact) mass is 326 g/mol. The Hall–Kier alpha value is -1.16. The van der Waals surface area contributed by atoms with Crippen molar-refractivity contribution in [3.63, 3.8) is 0 Å². The molecule has 0 aromatic carbocycles. The Morgan fingerprint density at radius 2 is 1.39 bits per heavy atom. The van der Waals surface area contributed by atoms with Crippen LogP contribution in [0.2, 0.25) is 0 Å². The summed E-state index contributed by atoms with van der Waals surface area (Å²) >= 11 is 0. The summed E-state index contributed by atoms with van der Waals surface area (Å²) in [5.74, 6) is -0.700. The highest BCUT2D eigenvalue weighted by atomic mass is 16.4. The van der Waals surface area contributed by atoms with Crippen LogP contribution in [0.25, 0.3) is 0 Å². The minimum Gasteiger partial charge on any atom is -0.481 e. The Labute approximate surface area is 141 Å². The van der Waals surface area contributed by atoms with Gasteiger partial charge in [0.05, 0.1) is 11.5 Å². The molecule has 0 aliphatic rings. The third-order valence-corrected chi connectivity index (χ3v) is 4.61. The Kier molecular flexibility index (Phi) is 9.37. The summed E-state index contributed by atoms with van der Waals surface area (Å²) in [6, 6.07) is 0. The van der Waals surface area contributed by atoms with Crippen molar-refractivity contribution in [1.82, 2.24) is 0 Å². The van der Waals surface area contributed by atoms with E-state index in [-0.39, 0.29) is 17.3 Å². The van der Waals surface area contributed by atoms with E-state index in [1.54, 1.807) is 13.8 Å². The van der Waals surface area contributed by atoms with Crippen LogP contribution < -0.4 is 0 Å². The van der Waals surface area contributed by atoms with Gasteiger partial charge in [-0.25, -0.2) is 0 Å². The van der Waals surface area contributed by atoms with Gasteiger partial charge in [0, 0.05) is 5.41 Å². The van der Waals surface area contributed by atoms with Crippen molar-refractivity contribution in [3.8, 4) is 0 Å². The number of hydrogen-bond acceptors (Lipinski definition) is 3. The quantitative estimate of drug-likeness (QED) is 0.389. The number of aliphatic carboxylic acids is 1. The second-order valence-electron chi connectivity index (χ2n) is 7.79. The maximum Gasteiger partial charge on any atom is 0.309 e. The number of ketones is 1. The first-order valence-electron chi connectivity index (χ1n) is 8.61. The molecule has 0 amide bonds. The molecule has 23 heavy (non-hydrogen) atoms. The zero-order valence-electron chi connectivity index (χ0n) is 15.2. The molecule has 0 saturated carbocycles. The van der Waals surface area contributed by atoms with Crippen LogP contribution in [0, 0.1) is 10.8 Å². The molecule has 134 valence electrons. The first-order chi connectivity index (χ1) is 10.5. The summed E-state index contributed by atoms with van der Waals surface area (Å²) in [7, 11) is 0. The molecule has 1 atom stereocenters. The van der Waals surface area contributed by atoms with Crippen molar-refractivity contribution in [2.45, 2.75) is 85.2 Å². The molecule has 0 aliphatic heterocycles. The number of unbranched alkanes of at least 4 members (excludes halogenated alkanes) is 2. The number of hydrogen-bond donors (Lipinski definition) is 2. The van der Waals surface area contributed by atoms with Crippen LogP contribution in [0.15, 0.2) is 12.7 Å². The van der Waals surface area contributed by atoms with Gasteiger partial charge in [0.15, 0.2) is 5.78 Å². The minimum absolute atomic E-state index is 0.0686. The van der Waals surface area contributed by atoms with Gasteiger partial charge in [-0.15, -0.1) is 0 Å². The fourth-order valence-electron chi connectivity index (χ4n) is 2.54. The number of carbonyl (C=O) groups is 2. The van der Waals surface area contributed by atoms with Gasteiger partial charge in [0.25, 0.3) is 0 Å². The number of carboxylic acid groups (broad SMARTS) is 1. The minimum atomic E-state index is -0.769. The van der Waals surface area contributed by atoms with Gasteiger partial charge in [0.2, 0.25) is 0 Å². The molecular weight excluding hydrogens is 292 g/mol. The Balaban J connectivity index is 3.81. The van der Waals surface area contributed by atoms with Crippen molar-refractivity contribution >= 4 is 11.8 Å². The SMILES string of the molecule is C=CC(=O)C(C)(C)CCCCC(O)CCCCC(C)(C)C(=O)O. The van der Waals surface area contributed by atoms with E-state index in [0.29, 0.717) is 12.8 Å². The van der Waals surface area contributed by atoms with Gasteiger partial charge in [-0.2, -0.15) is 0 Å². The van der Waals surface area contributed by atoms with Crippen LogP contribution in [-0.4, -0.2) is 28.1 Å². The maximum atomic E-state index is 11.7. The van der Waals surface area contributed by atoms with E-state index in [9.17, 15) is 14.7 Å². The van der Waals surface area contributed by atoms with E-state index >= 15 is 0 Å². The summed E-state index contributed by atoms with van der Waals surface area (Å²) in [4.78, 5) is 22.7. The van der Waals surface area contributed by atoms with E-state index in [0.717, 1.165) is 38.5 Å². The van der Waals surface area contributed by atoms with Crippen LogP contribution >= 0.6 is 0 Å². The lowest BCUT2D eigenvalue weighted by Crippen LogP contribution is -2.23. The molecule has 0 aromatic rings. The average Bonchev–Trinajstić information content (AvgIpc) is 2.47. The number of carbonyl (C=O) groups excluding carboxylic acids is 1. The van der Waals surface area contributed by atoms with Crippen molar-refractivity contribution in [3.05, 3.63) is 12.7 Å². The van der Waals surface area contributed by atoms with Crippen LogP contribution in [0.1, 0.15) is 79.1 Å². The Morgan fingerprint density at radius 3 is 1.78 bits per heavy atom. The van der Waals surface area contributed by atoms with Crippen LogP contribution in [-0.2, 0) is 9.59 Å². The van der Waals surface area contributed by atoms with Crippen LogP contribution in [0.5, 0.6) is 0 Å². The molecule has 0 bridgehead atoms. The van der Waals surface area contributed by atoms with Gasteiger partial charge in [-0.3, -0.25) is 9.59 Å². The molecule has 1 unspecified atom stereocenters. The third-order valence-electron chi connectivity index (χ3n) is 4.61. The first kappa shape index (κ1) is 21.8. The molecule has 0 aromatic heterocycles. The molecule has 0 aliphatic carbocycles. The smallest absolute Gasteiger partial charge is 0.309 e. The molecule has 0 rings (SSSR count). The lowest BCUT2D eigenvalue weighted by atomic mass is 9.82. The van der Waals surface area contributed by atoms with Gasteiger partial charge in [-0.1, -0.05) is 46.1 Å². The lowest BCUT2D eigenvalue weighted by molar-refractivity contribution is -0.147. The van der Waals surface area contributed by atoms with Crippen LogP contribution in [0.3, 0.4) is 0 Å². The molecule has 0 saturated heterocycles. The van der Waals surface area contributed by atoms with Crippen LogP contribution in [0.4, 0.5) is 0 Å². The number of allylic oxidation sites excluding steroid dienone is 1. The highest BCUT2D eigenvalue weighted by molar-refractivity contribution is 5.93. The van der Waals surface area contributed by atoms with E-state index in [1.807, 2.05) is 13.8 Å². The molecule has 0 spiro atoms. The van der Waals surface area contributed by atoms with Crippen molar-refractivity contribution < 1.29 is 19.8 Å². The van der Waals surface area contributed by atoms with E-state index < -0.39 is 11.4 Å². The van der Waals surface area contributed by atoms with Gasteiger partial charge >= 0.3 is 5.97 Å². The molecule has 2 N–H and O–H groups in total. The van der Waals surface area contributed by atoms with E-state index in [2.05, 4.69) is 6.58 Å². The molecular formula is C19H34O4. The summed E-state index contributed by atoms with van der Waals surface area (Å²) in [5, 5.41) is 19.0. The summed E-state index contributed by atoms with van der Waals surface area (Å²) in [6.07, 6.45) is 7.41. The molecule has 4 nitrogen and oxygen atoms in total. The second kappa shape index (κ2) is 9.86. The molecule has 0 fully saturated rings. The zero-order valence-corrected chi connectivity index (χ0v) is 15.2. The van der Waals surface area contributed by atoms with Crippen molar-refractivity contribution in [2.24, 2.45) is 10.8 Å². The summed E-state index contributed by atoms with van der Waals surface area (Å²) in [5.41, 5.74) is -1.05. The molecule has 4 heteroatoms. The number of aliphatic hydroxyl groups excluding tert-OH is 1. The Bertz CT molecular complexity index is 396. The summed E-state index contributed by atoms with van der Waals surface area (Å²) < 4.78 is 0. The summed E-state index contributed by atoms with van der Waals surface area (Å²) in [6.45, 7) is 10.9. The van der Waals surface area contributed by atoms with E-state index in [4.69, 9.17) is 5.11 Å². The standard InChI is InChI=1S/C19H34O4/c1-6-16(21)18(2,3)13-9-7-11-15(20)12-8-10-14-19(4,5)17(22)23/h6,15,20H,1,7-14H2,2-5H3,(H,22,23). The maximum absolute atomic E-state index is 11.7. The number of aliphatic hydroxyl groups is 1. The highest BCUT2D eigenvalue weighted by Crippen LogP contribution is 2.26. The van der Waals surface area contributed by atoms with E-state index in [1.165, 1.54) is 6.08 Å².